The Morgan fingerprint density at radius 1 is 1.24 bits per heavy atom. The average molecular weight is 340 g/mol. The largest absolute Gasteiger partial charge is 0.330 e. The quantitative estimate of drug-likeness (QED) is 0.923. The number of nitrogens with zero attached hydrogens (tertiary/aromatic N) is 5. The smallest absolute Gasteiger partial charge is 0.276 e. The van der Waals surface area contributed by atoms with Crippen molar-refractivity contribution in [1.29, 1.82) is 0 Å². The number of nitrogens with one attached hydrogen (secondary N) is 1. The topological polar surface area (TPSA) is 75.9 Å². The van der Waals surface area contributed by atoms with Crippen LogP contribution in [0.15, 0.2) is 24.7 Å². The molecule has 2 aromatic heterocycles. The van der Waals surface area contributed by atoms with E-state index in [0.29, 0.717) is 11.7 Å². The molecule has 2 fully saturated rings. The molecule has 0 bridgehead atoms. The van der Waals surface area contributed by atoms with Crippen molar-refractivity contribution >= 4 is 5.91 Å². The minimum atomic E-state index is -0.0239. The number of likely N-dealkylation sites (tertiary alicyclic amines) is 1. The lowest BCUT2D eigenvalue weighted by Crippen LogP contribution is -2.31. The molecule has 2 aliphatic rings. The third-order valence-corrected chi connectivity index (χ3v) is 5.21. The second-order valence-electron chi connectivity index (χ2n) is 7.02. The van der Waals surface area contributed by atoms with Crippen LogP contribution in [0.25, 0.3) is 0 Å². The van der Waals surface area contributed by atoms with Crippen molar-refractivity contribution in [1.82, 2.24) is 30.2 Å². The van der Waals surface area contributed by atoms with Crippen LogP contribution in [0.3, 0.4) is 0 Å². The van der Waals surface area contributed by atoms with Gasteiger partial charge in [-0.25, -0.2) is 4.68 Å². The Labute approximate surface area is 147 Å². The van der Waals surface area contributed by atoms with Crippen molar-refractivity contribution in [3.05, 3.63) is 41.5 Å². The number of carbonyl (C=O) groups is 1. The second kappa shape index (κ2) is 6.92. The maximum Gasteiger partial charge on any atom is 0.276 e. The summed E-state index contributed by atoms with van der Waals surface area (Å²) in [5.74, 6) is -0.0239. The van der Waals surface area contributed by atoms with Gasteiger partial charge in [0.25, 0.3) is 5.91 Å². The fourth-order valence-corrected chi connectivity index (χ4v) is 3.89. The molecule has 25 heavy (non-hydrogen) atoms. The highest BCUT2D eigenvalue weighted by Gasteiger charge is 2.32. The van der Waals surface area contributed by atoms with E-state index in [9.17, 15) is 4.79 Å². The van der Waals surface area contributed by atoms with Gasteiger partial charge < -0.3 is 10.2 Å². The maximum absolute atomic E-state index is 13.0. The lowest BCUT2D eigenvalue weighted by atomic mass is 10.1. The van der Waals surface area contributed by atoms with Crippen LogP contribution in [0.5, 0.6) is 0 Å². The Morgan fingerprint density at radius 3 is 2.88 bits per heavy atom. The summed E-state index contributed by atoms with van der Waals surface area (Å²) < 4.78 is 1.87. The number of aromatic nitrogens is 4. The van der Waals surface area contributed by atoms with E-state index in [1.165, 1.54) is 0 Å². The van der Waals surface area contributed by atoms with Gasteiger partial charge in [-0.1, -0.05) is 11.3 Å². The normalized spacial score (nSPS) is 21.6. The lowest BCUT2D eigenvalue weighted by Gasteiger charge is -2.24. The number of piperidine rings is 1. The Morgan fingerprint density at radius 2 is 2.08 bits per heavy atom. The predicted octanol–water partition coefficient (Wildman–Crippen LogP) is 1.88. The van der Waals surface area contributed by atoms with E-state index in [4.69, 9.17) is 0 Å². The van der Waals surface area contributed by atoms with Crippen LogP contribution in [0.2, 0.25) is 0 Å². The van der Waals surface area contributed by atoms with E-state index in [1.54, 1.807) is 0 Å². The van der Waals surface area contributed by atoms with Gasteiger partial charge in [0, 0.05) is 18.9 Å². The van der Waals surface area contributed by atoms with Gasteiger partial charge >= 0.3 is 0 Å². The van der Waals surface area contributed by atoms with E-state index < -0.39 is 0 Å². The van der Waals surface area contributed by atoms with Crippen LogP contribution in [-0.2, 0) is 0 Å². The standard InChI is InChI=1S/C18H24N6O/c1-13-9-14(11-20-10-13)17-3-2-8-23(17)18(25)16-12-24(22-21-16)15-4-6-19-7-5-15/h9-12,15,17,19H,2-8H2,1H3. The Bertz CT molecular complexity index is 752. The molecule has 1 unspecified atom stereocenters. The zero-order valence-electron chi connectivity index (χ0n) is 14.6. The first-order chi connectivity index (χ1) is 12.2. The molecule has 0 aliphatic carbocycles. The highest BCUT2D eigenvalue weighted by atomic mass is 16.2. The molecule has 1 N–H and O–H groups in total. The number of rotatable bonds is 3. The Hall–Kier alpha value is -2.28. The van der Waals surface area contributed by atoms with E-state index in [1.807, 2.05) is 35.1 Å². The molecule has 2 aromatic rings. The number of aryl methyl sites for hydroxylation is 1. The Kier molecular flexibility index (Phi) is 4.48. The van der Waals surface area contributed by atoms with E-state index in [0.717, 1.165) is 56.4 Å². The van der Waals surface area contributed by atoms with Gasteiger partial charge in [0.15, 0.2) is 5.69 Å². The van der Waals surface area contributed by atoms with Crippen molar-refractivity contribution < 1.29 is 4.79 Å². The predicted molar refractivity (Wildman–Crippen MR) is 93.1 cm³/mol. The van der Waals surface area contributed by atoms with Gasteiger partial charge in [-0.15, -0.1) is 5.10 Å². The molecule has 4 heterocycles. The molecular formula is C18H24N6O. The zero-order valence-corrected chi connectivity index (χ0v) is 14.6. The summed E-state index contributed by atoms with van der Waals surface area (Å²) in [6.07, 6.45) is 9.56. The molecular weight excluding hydrogens is 316 g/mol. The van der Waals surface area contributed by atoms with Gasteiger partial charge in [0.1, 0.15) is 0 Å². The lowest BCUT2D eigenvalue weighted by molar-refractivity contribution is 0.0729. The fraction of sp³-hybridized carbons (Fsp3) is 0.556. The summed E-state index contributed by atoms with van der Waals surface area (Å²) in [6, 6.07) is 2.55. The van der Waals surface area contributed by atoms with Crippen molar-refractivity contribution in [2.24, 2.45) is 0 Å². The summed E-state index contributed by atoms with van der Waals surface area (Å²) in [5, 5.41) is 11.7. The first-order valence-electron chi connectivity index (χ1n) is 9.07. The number of hydrogen-bond acceptors (Lipinski definition) is 5. The summed E-state index contributed by atoms with van der Waals surface area (Å²) in [5.41, 5.74) is 2.68. The number of pyridine rings is 1. The van der Waals surface area contributed by atoms with Gasteiger partial charge in [-0.05, 0) is 56.8 Å². The number of hydrogen-bond donors (Lipinski definition) is 1. The SMILES string of the molecule is Cc1cncc(C2CCCN2C(=O)c2cn(C3CCNCC3)nn2)c1. The summed E-state index contributed by atoms with van der Waals surface area (Å²) in [6.45, 7) is 4.77. The molecule has 0 saturated carbocycles. The highest BCUT2D eigenvalue weighted by molar-refractivity contribution is 5.92. The van der Waals surface area contributed by atoms with E-state index in [2.05, 4.69) is 26.7 Å². The molecule has 0 radical (unpaired) electrons. The van der Waals surface area contributed by atoms with Crippen LogP contribution in [0, 0.1) is 6.92 Å². The molecule has 0 aromatic carbocycles. The number of carbonyl (C=O) groups excluding carboxylic acids is 1. The molecule has 7 heteroatoms. The third-order valence-electron chi connectivity index (χ3n) is 5.21. The second-order valence-corrected chi connectivity index (χ2v) is 7.02. The van der Waals surface area contributed by atoms with Crippen molar-refractivity contribution in [2.45, 2.75) is 44.7 Å². The van der Waals surface area contributed by atoms with Gasteiger partial charge in [-0.3, -0.25) is 9.78 Å². The molecule has 0 spiro atoms. The molecule has 2 saturated heterocycles. The average Bonchev–Trinajstić information content (AvgIpc) is 3.32. The Balaban J connectivity index is 1.52. The fourth-order valence-electron chi connectivity index (χ4n) is 3.89. The highest BCUT2D eigenvalue weighted by Crippen LogP contribution is 2.33. The summed E-state index contributed by atoms with van der Waals surface area (Å²) in [7, 11) is 0. The van der Waals surface area contributed by atoms with Gasteiger partial charge in [0.2, 0.25) is 0 Å². The van der Waals surface area contributed by atoms with Crippen LogP contribution in [-0.4, -0.2) is 50.4 Å². The zero-order chi connectivity index (χ0) is 17.2. The maximum atomic E-state index is 13.0. The summed E-state index contributed by atoms with van der Waals surface area (Å²) >= 11 is 0. The van der Waals surface area contributed by atoms with E-state index in [-0.39, 0.29) is 11.9 Å². The first-order valence-corrected chi connectivity index (χ1v) is 9.07. The van der Waals surface area contributed by atoms with Gasteiger partial charge in [0.05, 0.1) is 18.3 Å². The molecule has 1 atom stereocenters. The minimum Gasteiger partial charge on any atom is -0.330 e. The number of amides is 1. The van der Waals surface area contributed by atoms with Crippen LogP contribution in [0.4, 0.5) is 0 Å². The van der Waals surface area contributed by atoms with Crippen LogP contribution >= 0.6 is 0 Å². The van der Waals surface area contributed by atoms with Crippen molar-refractivity contribution in [3.63, 3.8) is 0 Å². The molecule has 4 rings (SSSR count). The molecule has 132 valence electrons. The third kappa shape index (κ3) is 3.28. The van der Waals surface area contributed by atoms with Crippen LogP contribution < -0.4 is 5.32 Å². The van der Waals surface area contributed by atoms with E-state index >= 15 is 0 Å². The van der Waals surface area contributed by atoms with Crippen LogP contribution in [0.1, 0.15) is 59.4 Å². The van der Waals surface area contributed by atoms with Crippen molar-refractivity contribution in [2.75, 3.05) is 19.6 Å². The van der Waals surface area contributed by atoms with Crippen molar-refractivity contribution in [3.8, 4) is 0 Å². The monoisotopic (exact) mass is 340 g/mol. The molecule has 7 nitrogen and oxygen atoms in total. The minimum absolute atomic E-state index is 0.0239. The van der Waals surface area contributed by atoms with Gasteiger partial charge in [-0.2, -0.15) is 0 Å². The molecule has 2 aliphatic heterocycles. The first kappa shape index (κ1) is 16.2. The summed E-state index contributed by atoms with van der Waals surface area (Å²) in [4.78, 5) is 19.2. The molecule has 1 amide bonds.